The Hall–Kier alpha value is -3.14. The highest BCUT2D eigenvalue weighted by Gasteiger charge is 2.32. The number of carbonyl (C=O) groups is 1. The van der Waals surface area contributed by atoms with Crippen molar-refractivity contribution in [3.05, 3.63) is 53.8 Å². The molecule has 1 aromatic heterocycles. The van der Waals surface area contributed by atoms with E-state index in [9.17, 15) is 22.4 Å². The first-order valence-electron chi connectivity index (χ1n) is 11.4. The highest BCUT2D eigenvalue weighted by Crippen LogP contribution is 2.37. The molecule has 0 radical (unpaired) electrons. The molecular formula is C24H25F4N5O. The van der Waals surface area contributed by atoms with Crippen LogP contribution in [0, 0.1) is 5.82 Å². The number of nitrogens with zero attached hydrogens (tertiary/aromatic N) is 4. The number of likely N-dealkylation sites (tertiary alicyclic amines) is 1. The standard InChI is InChI=1S/C24H25F4N5O/c25-18-4-1-16(2-5-18)22-20-15-17(24(26,27)28)3-6-21(20)33(30-22)19-7-10-31(11-8-19)13-14-32-12-9-29-23(32)34/h1-6,15,19H,7-14H2,(H,29,34). The first-order valence-corrected chi connectivity index (χ1v) is 11.4. The molecular weight excluding hydrogens is 450 g/mol. The Bertz CT molecular complexity index is 1180. The minimum Gasteiger partial charge on any atom is -0.336 e. The fraction of sp³-hybridized carbons (Fsp3) is 0.417. The van der Waals surface area contributed by atoms with Crippen molar-refractivity contribution in [2.24, 2.45) is 0 Å². The second-order valence-electron chi connectivity index (χ2n) is 8.82. The molecule has 180 valence electrons. The smallest absolute Gasteiger partial charge is 0.336 e. The molecule has 0 unspecified atom stereocenters. The van der Waals surface area contributed by atoms with Gasteiger partial charge in [-0.25, -0.2) is 9.18 Å². The number of nitrogens with one attached hydrogen (secondary N) is 1. The van der Waals surface area contributed by atoms with Crippen LogP contribution in [-0.2, 0) is 6.18 Å². The Labute approximate surface area is 194 Å². The van der Waals surface area contributed by atoms with Gasteiger partial charge in [0.2, 0.25) is 0 Å². The summed E-state index contributed by atoms with van der Waals surface area (Å²) in [5.74, 6) is -0.415. The van der Waals surface area contributed by atoms with Crippen LogP contribution in [0.1, 0.15) is 24.4 Å². The van der Waals surface area contributed by atoms with Crippen molar-refractivity contribution in [2.45, 2.75) is 25.1 Å². The fourth-order valence-corrected chi connectivity index (χ4v) is 4.79. The van der Waals surface area contributed by atoms with Gasteiger partial charge in [0.1, 0.15) is 11.5 Å². The average molecular weight is 475 g/mol. The Morgan fingerprint density at radius 3 is 2.38 bits per heavy atom. The predicted octanol–water partition coefficient (Wildman–Crippen LogP) is 4.52. The van der Waals surface area contributed by atoms with Crippen LogP contribution in [-0.4, -0.2) is 64.9 Å². The highest BCUT2D eigenvalue weighted by molar-refractivity contribution is 5.94. The SMILES string of the molecule is O=C1NCCN1CCN1CCC(n2nc(-c3ccc(F)cc3)c3cc(C(F)(F)F)ccc32)CC1. The van der Waals surface area contributed by atoms with Gasteiger partial charge in [-0.3, -0.25) is 4.68 Å². The van der Waals surface area contributed by atoms with E-state index in [4.69, 9.17) is 5.10 Å². The van der Waals surface area contributed by atoms with Gasteiger partial charge in [-0.1, -0.05) is 0 Å². The molecule has 5 rings (SSSR count). The molecule has 0 saturated carbocycles. The Balaban J connectivity index is 1.39. The van der Waals surface area contributed by atoms with Crippen molar-refractivity contribution >= 4 is 16.9 Å². The zero-order chi connectivity index (χ0) is 23.9. The van der Waals surface area contributed by atoms with E-state index in [1.165, 1.54) is 18.2 Å². The minimum atomic E-state index is -4.46. The summed E-state index contributed by atoms with van der Waals surface area (Å²) in [6, 6.07) is 9.37. The van der Waals surface area contributed by atoms with E-state index in [-0.39, 0.29) is 12.1 Å². The lowest BCUT2D eigenvalue weighted by atomic mass is 10.0. The summed E-state index contributed by atoms with van der Waals surface area (Å²) >= 11 is 0. The van der Waals surface area contributed by atoms with Gasteiger partial charge >= 0.3 is 12.2 Å². The molecule has 3 aromatic rings. The van der Waals surface area contributed by atoms with Crippen LogP contribution >= 0.6 is 0 Å². The average Bonchev–Trinajstić information content (AvgIpc) is 3.41. The van der Waals surface area contributed by atoms with Gasteiger partial charge in [-0.2, -0.15) is 18.3 Å². The topological polar surface area (TPSA) is 53.4 Å². The zero-order valence-corrected chi connectivity index (χ0v) is 18.5. The monoisotopic (exact) mass is 475 g/mol. The number of fused-ring (bicyclic) bond motifs is 1. The lowest BCUT2D eigenvalue weighted by molar-refractivity contribution is -0.137. The number of hydrogen-bond donors (Lipinski definition) is 1. The van der Waals surface area contributed by atoms with E-state index in [0.717, 1.165) is 51.2 Å². The number of amides is 2. The summed E-state index contributed by atoms with van der Waals surface area (Å²) in [7, 11) is 0. The number of halogens is 4. The van der Waals surface area contributed by atoms with Gasteiger partial charge in [-0.05, 0) is 55.3 Å². The number of benzene rings is 2. The molecule has 2 aromatic carbocycles. The molecule has 6 nitrogen and oxygen atoms in total. The summed E-state index contributed by atoms with van der Waals surface area (Å²) in [5.41, 5.74) is 0.901. The number of urea groups is 1. The van der Waals surface area contributed by atoms with Gasteiger partial charge in [0.05, 0.1) is 17.1 Å². The molecule has 0 bridgehead atoms. The molecule has 0 spiro atoms. The third-order valence-corrected chi connectivity index (χ3v) is 6.69. The summed E-state index contributed by atoms with van der Waals surface area (Å²) in [4.78, 5) is 15.8. The molecule has 1 N–H and O–H groups in total. The van der Waals surface area contributed by atoms with E-state index in [1.54, 1.807) is 17.0 Å². The summed E-state index contributed by atoms with van der Waals surface area (Å²) in [5, 5.41) is 7.93. The Morgan fingerprint density at radius 1 is 1.00 bits per heavy atom. The van der Waals surface area contributed by atoms with Crippen LogP contribution in [0.4, 0.5) is 22.4 Å². The van der Waals surface area contributed by atoms with Crippen LogP contribution in [0.5, 0.6) is 0 Å². The maximum absolute atomic E-state index is 13.4. The largest absolute Gasteiger partial charge is 0.416 e. The van der Waals surface area contributed by atoms with Crippen LogP contribution < -0.4 is 5.32 Å². The van der Waals surface area contributed by atoms with E-state index >= 15 is 0 Å². The van der Waals surface area contributed by atoms with Gasteiger partial charge in [0.25, 0.3) is 0 Å². The molecule has 34 heavy (non-hydrogen) atoms. The van der Waals surface area contributed by atoms with Crippen molar-refractivity contribution in [1.82, 2.24) is 24.9 Å². The zero-order valence-electron chi connectivity index (χ0n) is 18.5. The highest BCUT2D eigenvalue weighted by atomic mass is 19.4. The molecule has 2 amide bonds. The fourth-order valence-electron chi connectivity index (χ4n) is 4.79. The van der Waals surface area contributed by atoms with E-state index in [2.05, 4.69) is 10.2 Å². The number of rotatable bonds is 5. The van der Waals surface area contributed by atoms with E-state index in [0.29, 0.717) is 35.2 Å². The first kappa shape index (κ1) is 22.6. The maximum atomic E-state index is 13.4. The predicted molar refractivity (Wildman–Crippen MR) is 120 cm³/mol. The van der Waals surface area contributed by atoms with Gasteiger partial charge < -0.3 is 15.1 Å². The second-order valence-corrected chi connectivity index (χ2v) is 8.82. The molecule has 0 atom stereocenters. The van der Waals surface area contributed by atoms with Crippen molar-refractivity contribution in [2.75, 3.05) is 39.3 Å². The van der Waals surface area contributed by atoms with Crippen molar-refractivity contribution < 1.29 is 22.4 Å². The van der Waals surface area contributed by atoms with Crippen LogP contribution in [0.3, 0.4) is 0 Å². The van der Waals surface area contributed by atoms with E-state index in [1.807, 2.05) is 4.68 Å². The number of carbonyl (C=O) groups excluding carboxylic acids is 1. The van der Waals surface area contributed by atoms with Gasteiger partial charge in [0, 0.05) is 50.2 Å². The lowest BCUT2D eigenvalue weighted by Gasteiger charge is -2.33. The summed E-state index contributed by atoms with van der Waals surface area (Å²) in [6.45, 7) is 4.49. The second kappa shape index (κ2) is 8.90. The number of piperidine rings is 1. The Kier molecular flexibility index (Phi) is 5.93. The van der Waals surface area contributed by atoms with Gasteiger partial charge in [0.15, 0.2) is 0 Å². The van der Waals surface area contributed by atoms with Crippen molar-refractivity contribution in [1.29, 1.82) is 0 Å². The first-order chi connectivity index (χ1) is 16.3. The number of aromatic nitrogens is 2. The molecule has 2 aliphatic rings. The number of alkyl halides is 3. The van der Waals surface area contributed by atoms with Gasteiger partial charge in [-0.15, -0.1) is 0 Å². The molecule has 0 aliphatic carbocycles. The lowest BCUT2D eigenvalue weighted by Crippen LogP contribution is -2.41. The Morgan fingerprint density at radius 2 is 1.74 bits per heavy atom. The third-order valence-electron chi connectivity index (χ3n) is 6.69. The summed E-state index contributed by atoms with van der Waals surface area (Å²) in [6.07, 6.45) is -2.87. The molecule has 2 saturated heterocycles. The van der Waals surface area contributed by atoms with Crippen molar-refractivity contribution in [3.63, 3.8) is 0 Å². The normalized spacial score (nSPS) is 18.1. The summed E-state index contributed by atoms with van der Waals surface area (Å²) < 4.78 is 55.5. The van der Waals surface area contributed by atoms with Crippen LogP contribution in [0.25, 0.3) is 22.2 Å². The van der Waals surface area contributed by atoms with Crippen LogP contribution in [0.15, 0.2) is 42.5 Å². The van der Waals surface area contributed by atoms with Crippen LogP contribution in [0.2, 0.25) is 0 Å². The third kappa shape index (κ3) is 4.46. The maximum Gasteiger partial charge on any atom is 0.416 e. The number of hydrogen-bond acceptors (Lipinski definition) is 3. The molecule has 2 fully saturated rings. The molecule has 2 aliphatic heterocycles. The quantitative estimate of drug-likeness (QED) is 0.552. The van der Waals surface area contributed by atoms with E-state index < -0.39 is 17.6 Å². The van der Waals surface area contributed by atoms with Crippen molar-refractivity contribution in [3.8, 4) is 11.3 Å². The minimum absolute atomic E-state index is 0.0237. The molecule has 3 heterocycles. The molecule has 10 heteroatoms.